The summed E-state index contributed by atoms with van der Waals surface area (Å²) in [6, 6.07) is 5.97. The first-order chi connectivity index (χ1) is 7.20. The molecule has 1 N–H and O–H groups in total. The Morgan fingerprint density at radius 3 is 2.53 bits per heavy atom. The van der Waals surface area contributed by atoms with Gasteiger partial charge in [0.05, 0.1) is 17.6 Å². The lowest BCUT2D eigenvalue weighted by Crippen LogP contribution is -2.02. The number of pyridine rings is 1. The van der Waals surface area contributed by atoms with Crippen LogP contribution in [0.5, 0.6) is 0 Å². The molecule has 2 heterocycles. The summed E-state index contributed by atoms with van der Waals surface area (Å²) in [6.07, 6.45) is 1.80. The van der Waals surface area contributed by atoms with Crippen molar-refractivity contribution >= 4 is 5.69 Å². The maximum atomic E-state index is 4.37. The molecule has 4 nitrogen and oxygen atoms in total. The van der Waals surface area contributed by atoms with E-state index in [-0.39, 0.29) is 0 Å². The first-order valence-electron chi connectivity index (χ1n) is 4.88. The summed E-state index contributed by atoms with van der Waals surface area (Å²) in [5.41, 5.74) is 3.10. The van der Waals surface area contributed by atoms with Crippen LogP contribution in [0, 0.1) is 13.8 Å². The quantitative estimate of drug-likeness (QED) is 0.809. The van der Waals surface area contributed by atoms with E-state index in [0.29, 0.717) is 0 Å². The zero-order valence-corrected chi connectivity index (χ0v) is 9.15. The first-order valence-corrected chi connectivity index (χ1v) is 4.88. The minimum absolute atomic E-state index is 0.847. The van der Waals surface area contributed by atoms with E-state index >= 15 is 0 Å². The van der Waals surface area contributed by atoms with E-state index in [9.17, 15) is 0 Å². The number of rotatable bonds is 2. The zero-order chi connectivity index (χ0) is 10.8. The fraction of sp³-hybridized carbons (Fsp3) is 0.273. The summed E-state index contributed by atoms with van der Waals surface area (Å²) in [4.78, 5) is 4.33. The van der Waals surface area contributed by atoms with Gasteiger partial charge in [0.1, 0.15) is 0 Å². The number of nitrogens with zero attached hydrogens (tertiary/aromatic N) is 3. The highest BCUT2D eigenvalue weighted by molar-refractivity contribution is 5.43. The minimum Gasteiger partial charge on any atom is -0.387 e. The van der Waals surface area contributed by atoms with Crippen molar-refractivity contribution in [3.05, 3.63) is 35.8 Å². The molecular formula is C11H14N4. The summed E-state index contributed by atoms with van der Waals surface area (Å²) < 4.78 is 1.84. The fourth-order valence-corrected chi connectivity index (χ4v) is 1.52. The molecule has 2 aromatic rings. The van der Waals surface area contributed by atoms with E-state index in [0.717, 1.165) is 22.9 Å². The molecule has 0 atom stereocenters. The third kappa shape index (κ3) is 1.83. The van der Waals surface area contributed by atoms with Crippen LogP contribution in [0.1, 0.15) is 11.4 Å². The van der Waals surface area contributed by atoms with Crippen molar-refractivity contribution in [3.63, 3.8) is 0 Å². The van der Waals surface area contributed by atoms with Gasteiger partial charge in [-0.2, -0.15) is 5.10 Å². The summed E-state index contributed by atoms with van der Waals surface area (Å²) in [5.74, 6) is 0.847. The molecule has 0 aliphatic heterocycles. The Bertz CT molecular complexity index is 456. The smallest absolute Gasteiger partial charge is 0.153 e. The Morgan fingerprint density at radius 1 is 1.27 bits per heavy atom. The van der Waals surface area contributed by atoms with E-state index in [1.54, 1.807) is 6.20 Å². The minimum atomic E-state index is 0.847. The normalized spacial score (nSPS) is 10.3. The van der Waals surface area contributed by atoms with Crippen LogP contribution >= 0.6 is 0 Å². The Hall–Kier alpha value is -1.84. The second-order valence-corrected chi connectivity index (χ2v) is 3.49. The molecule has 0 unspecified atom stereocenters. The van der Waals surface area contributed by atoms with Crippen LogP contribution in [0.15, 0.2) is 24.4 Å². The SMILES string of the molecule is CNc1ccc(-n2nc(C)cc2C)nc1. The van der Waals surface area contributed by atoms with E-state index in [2.05, 4.69) is 15.4 Å². The van der Waals surface area contributed by atoms with Gasteiger partial charge in [-0.15, -0.1) is 0 Å². The predicted octanol–water partition coefficient (Wildman–Crippen LogP) is 1.93. The van der Waals surface area contributed by atoms with Crippen molar-refractivity contribution in [1.29, 1.82) is 0 Å². The molecule has 15 heavy (non-hydrogen) atoms. The average Bonchev–Trinajstić information content (AvgIpc) is 2.58. The van der Waals surface area contributed by atoms with Gasteiger partial charge in [-0.3, -0.25) is 0 Å². The summed E-state index contributed by atoms with van der Waals surface area (Å²) in [7, 11) is 1.87. The van der Waals surface area contributed by atoms with Crippen LogP contribution < -0.4 is 5.32 Å². The van der Waals surface area contributed by atoms with Crippen LogP contribution in [0.2, 0.25) is 0 Å². The van der Waals surface area contributed by atoms with Crippen LogP contribution in [-0.4, -0.2) is 21.8 Å². The van der Waals surface area contributed by atoms with Crippen LogP contribution in [0.3, 0.4) is 0 Å². The van der Waals surface area contributed by atoms with Gasteiger partial charge in [0.15, 0.2) is 5.82 Å². The Kier molecular flexibility index (Phi) is 2.41. The standard InChI is InChI=1S/C11H14N4/c1-8-6-9(2)15(14-8)11-5-4-10(12-3)7-13-11/h4-7,12H,1-3H3. The molecule has 0 spiro atoms. The molecule has 0 bridgehead atoms. The number of hydrogen-bond acceptors (Lipinski definition) is 3. The zero-order valence-electron chi connectivity index (χ0n) is 9.15. The second-order valence-electron chi connectivity index (χ2n) is 3.49. The molecule has 78 valence electrons. The van der Waals surface area contributed by atoms with E-state index in [4.69, 9.17) is 0 Å². The maximum absolute atomic E-state index is 4.37. The summed E-state index contributed by atoms with van der Waals surface area (Å²) >= 11 is 0. The van der Waals surface area contributed by atoms with Gasteiger partial charge >= 0.3 is 0 Å². The largest absolute Gasteiger partial charge is 0.387 e. The maximum Gasteiger partial charge on any atom is 0.153 e. The van der Waals surface area contributed by atoms with Crippen molar-refractivity contribution in [1.82, 2.24) is 14.8 Å². The Morgan fingerprint density at radius 2 is 2.07 bits per heavy atom. The highest BCUT2D eigenvalue weighted by Gasteiger charge is 2.03. The van der Waals surface area contributed by atoms with Gasteiger partial charge in [0, 0.05) is 12.7 Å². The molecule has 0 amide bonds. The lowest BCUT2D eigenvalue weighted by atomic mass is 10.4. The van der Waals surface area contributed by atoms with Gasteiger partial charge < -0.3 is 5.32 Å². The third-order valence-electron chi connectivity index (χ3n) is 2.26. The molecular weight excluding hydrogens is 188 g/mol. The van der Waals surface area contributed by atoms with Gasteiger partial charge in [0.2, 0.25) is 0 Å². The summed E-state index contributed by atoms with van der Waals surface area (Å²) in [5, 5.41) is 7.40. The van der Waals surface area contributed by atoms with E-state index in [1.165, 1.54) is 0 Å². The fourth-order valence-electron chi connectivity index (χ4n) is 1.52. The van der Waals surface area contributed by atoms with E-state index in [1.807, 2.05) is 43.8 Å². The molecule has 0 aliphatic rings. The van der Waals surface area contributed by atoms with Gasteiger partial charge in [-0.1, -0.05) is 0 Å². The molecule has 4 heteroatoms. The Balaban J connectivity index is 2.41. The molecule has 0 aromatic carbocycles. The molecule has 0 saturated heterocycles. The number of hydrogen-bond donors (Lipinski definition) is 1. The molecule has 0 aliphatic carbocycles. The third-order valence-corrected chi connectivity index (χ3v) is 2.26. The lowest BCUT2D eigenvalue weighted by molar-refractivity contribution is 0.806. The van der Waals surface area contributed by atoms with Gasteiger partial charge in [-0.25, -0.2) is 9.67 Å². The molecule has 2 aromatic heterocycles. The lowest BCUT2D eigenvalue weighted by Gasteiger charge is -2.04. The summed E-state index contributed by atoms with van der Waals surface area (Å²) in [6.45, 7) is 4.00. The van der Waals surface area contributed by atoms with Crippen LogP contribution in [-0.2, 0) is 0 Å². The van der Waals surface area contributed by atoms with Crippen LogP contribution in [0.25, 0.3) is 5.82 Å². The van der Waals surface area contributed by atoms with Crippen molar-refractivity contribution in [2.75, 3.05) is 12.4 Å². The van der Waals surface area contributed by atoms with E-state index < -0.39 is 0 Å². The number of aromatic nitrogens is 3. The first kappa shape index (κ1) is 9.71. The Labute approximate surface area is 89.0 Å². The van der Waals surface area contributed by atoms with Crippen LogP contribution in [0.4, 0.5) is 5.69 Å². The van der Waals surface area contributed by atoms with Crippen molar-refractivity contribution in [2.45, 2.75) is 13.8 Å². The topological polar surface area (TPSA) is 42.7 Å². The van der Waals surface area contributed by atoms with Crippen molar-refractivity contribution in [3.8, 4) is 5.82 Å². The predicted molar refractivity (Wildman–Crippen MR) is 60.4 cm³/mol. The van der Waals surface area contributed by atoms with Crippen molar-refractivity contribution < 1.29 is 0 Å². The molecule has 0 radical (unpaired) electrons. The number of aryl methyl sites for hydroxylation is 2. The monoisotopic (exact) mass is 202 g/mol. The second kappa shape index (κ2) is 3.73. The van der Waals surface area contributed by atoms with Gasteiger partial charge in [-0.05, 0) is 32.0 Å². The average molecular weight is 202 g/mol. The molecule has 2 rings (SSSR count). The van der Waals surface area contributed by atoms with Gasteiger partial charge in [0.25, 0.3) is 0 Å². The van der Waals surface area contributed by atoms with Crippen molar-refractivity contribution in [2.24, 2.45) is 0 Å². The highest BCUT2D eigenvalue weighted by Crippen LogP contribution is 2.11. The number of anilines is 1. The highest BCUT2D eigenvalue weighted by atomic mass is 15.3. The molecule has 0 fully saturated rings. The molecule has 0 saturated carbocycles. The number of nitrogens with one attached hydrogen (secondary N) is 1.